The highest BCUT2D eigenvalue weighted by molar-refractivity contribution is 5.78. The van der Waals surface area contributed by atoms with E-state index in [1.165, 1.54) is 24.5 Å². The molecule has 5 nitrogen and oxygen atoms in total. The van der Waals surface area contributed by atoms with Gasteiger partial charge in [0.25, 0.3) is 0 Å². The second-order valence-corrected chi connectivity index (χ2v) is 7.00. The summed E-state index contributed by atoms with van der Waals surface area (Å²) in [4.78, 5) is 13.4. The van der Waals surface area contributed by atoms with Gasteiger partial charge >= 0.3 is 6.18 Å². The highest BCUT2D eigenvalue weighted by Crippen LogP contribution is 2.32. The summed E-state index contributed by atoms with van der Waals surface area (Å²) in [7, 11) is 0. The summed E-state index contributed by atoms with van der Waals surface area (Å²) >= 11 is 0. The molecule has 0 bridgehead atoms. The smallest absolute Gasteiger partial charge is 0.406 e. The molecule has 9 heteroatoms. The minimum absolute atomic E-state index is 0.266. The lowest BCUT2D eigenvalue weighted by Gasteiger charge is -2.39. The lowest BCUT2D eigenvalue weighted by Crippen LogP contribution is -2.51. The number of hydrogen-bond acceptors (Lipinski definition) is 4. The zero-order valence-corrected chi connectivity index (χ0v) is 15.7. The van der Waals surface area contributed by atoms with Crippen LogP contribution in [0.1, 0.15) is 24.2 Å². The van der Waals surface area contributed by atoms with Crippen molar-refractivity contribution >= 4 is 5.91 Å². The molecule has 0 aliphatic carbocycles. The molecule has 158 valence electrons. The van der Waals surface area contributed by atoms with E-state index < -0.39 is 24.2 Å². The van der Waals surface area contributed by atoms with Crippen molar-refractivity contribution < 1.29 is 31.5 Å². The number of amides is 1. The Labute approximate surface area is 165 Å². The number of halogens is 4. The van der Waals surface area contributed by atoms with Gasteiger partial charge in [-0.1, -0.05) is 12.1 Å². The molecule has 0 unspecified atom stereocenters. The first-order chi connectivity index (χ1) is 13.8. The Morgan fingerprint density at radius 2 is 1.83 bits per heavy atom. The summed E-state index contributed by atoms with van der Waals surface area (Å²) in [6.45, 7) is -1.09. The van der Waals surface area contributed by atoms with Crippen LogP contribution in [0.3, 0.4) is 0 Å². The first-order valence-corrected chi connectivity index (χ1v) is 9.23. The third-order valence-corrected chi connectivity index (χ3v) is 4.97. The Kier molecular flexibility index (Phi) is 6.59. The van der Waals surface area contributed by atoms with Crippen molar-refractivity contribution in [2.45, 2.75) is 31.1 Å². The standard InChI is InChI=1S/C20H22F4N2O3/c21-16-5-3-15(4-6-16)19(7-10-28-11-8-19)25-12-18(27)26(14-20(22,23)24)13-17-2-1-9-29-17/h1-6,9,25H,7-8,10-14H2. The normalized spacial score (nSPS) is 16.6. The molecule has 0 spiro atoms. The molecular weight excluding hydrogens is 392 g/mol. The van der Waals surface area contributed by atoms with E-state index in [0.717, 1.165) is 5.56 Å². The number of furan rings is 1. The van der Waals surface area contributed by atoms with Gasteiger partial charge in [-0.15, -0.1) is 0 Å². The summed E-state index contributed by atoms with van der Waals surface area (Å²) in [5.74, 6) is -0.824. The number of nitrogens with zero attached hydrogens (tertiary/aromatic N) is 1. The van der Waals surface area contributed by atoms with Crippen LogP contribution in [-0.2, 0) is 21.6 Å². The number of ether oxygens (including phenoxy) is 1. The fraction of sp³-hybridized carbons (Fsp3) is 0.450. The Morgan fingerprint density at radius 1 is 1.14 bits per heavy atom. The largest absolute Gasteiger partial charge is 0.467 e. The first-order valence-electron chi connectivity index (χ1n) is 9.23. The average Bonchev–Trinajstić information content (AvgIpc) is 3.19. The van der Waals surface area contributed by atoms with E-state index in [1.54, 1.807) is 18.2 Å². The van der Waals surface area contributed by atoms with Crippen molar-refractivity contribution in [3.8, 4) is 0 Å². The topological polar surface area (TPSA) is 54.7 Å². The zero-order chi connectivity index (χ0) is 20.9. The summed E-state index contributed by atoms with van der Waals surface area (Å²) in [5, 5.41) is 3.12. The molecule has 1 aromatic carbocycles. The SMILES string of the molecule is O=C(CNC1(c2ccc(F)cc2)CCOCC1)N(Cc1ccco1)CC(F)(F)F. The van der Waals surface area contributed by atoms with Crippen LogP contribution >= 0.6 is 0 Å². The van der Waals surface area contributed by atoms with E-state index in [1.807, 2.05) is 0 Å². The predicted molar refractivity (Wildman–Crippen MR) is 96.3 cm³/mol. The molecule has 1 aromatic heterocycles. The maximum absolute atomic E-state index is 13.3. The van der Waals surface area contributed by atoms with E-state index in [-0.39, 0.29) is 24.7 Å². The molecule has 2 aromatic rings. The van der Waals surface area contributed by atoms with Gasteiger partial charge < -0.3 is 14.1 Å². The summed E-state index contributed by atoms with van der Waals surface area (Å²) < 4.78 is 62.7. The van der Waals surface area contributed by atoms with Gasteiger partial charge in [0.05, 0.1) is 19.4 Å². The fourth-order valence-electron chi connectivity index (χ4n) is 3.45. The van der Waals surface area contributed by atoms with E-state index in [9.17, 15) is 22.4 Å². The molecule has 0 saturated carbocycles. The van der Waals surface area contributed by atoms with E-state index in [4.69, 9.17) is 9.15 Å². The monoisotopic (exact) mass is 414 g/mol. The van der Waals surface area contributed by atoms with Crippen molar-refractivity contribution in [1.29, 1.82) is 0 Å². The van der Waals surface area contributed by atoms with Gasteiger partial charge in [0.1, 0.15) is 18.1 Å². The van der Waals surface area contributed by atoms with Crippen molar-refractivity contribution in [3.05, 3.63) is 59.8 Å². The second-order valence-electron chi connectivity index (χ2n) is 7.00. The predicted octanol–water partition coefficient (Wildman–Crippen LogP) is 3.61. The molecule has 3 rings (SSSR count). The van der Waals surface area contributed by atoms with Gasteiger partial charge in [0.2, 0.25) is 5.91 Å². The minimum atomic E-state index is -4.53. The second kappa shape index (κ2) is 8.96. The molecule has 1 fully saturated rings. The van der Waals surface area contributed by atoms with Crippen molar-refractivity contribution in [2.75, 3.05) is 26.3 Å². The third-order valence-electron chi connectivity index (χ3n) is 4.97. The van der Waals surface area contributed by atoms with Gasteiger partial charge in [-0.25, -0.2) is 4.39 Å². The summed E-state index contributed by atoms with van der Waals surface area (Å²) in [6.07, 6.45) is -2.16. The number of nitrogens with one attached hydrogen (secondary N) is 1. The quantitative estimate of drug-likeness (QED) is 0.704. The van der Waals surface area contributed by atoms with Gasteiger partial charge in [0, 0.05) is 18.8 Å². The number of carbonyl (C=O) groups is 1. The molecular formula is C20H22F4N2O3. The van der Waals surface area contributed by atoms with Crippen LogP contribution in [0, 0.1) is 5.82 Å². The molecule has 1 aliphatic rings. The van der Waals surface area contributed by atoms with E-state index in [0.29, 0.717) is 31.0 Å². The average molecular weight is 414 g/mol. The molecule has 0 radical (unpaired) electrons. The van der Waals surface area contributed by atoms with Crippen molar-refractivity contribution in [2.24, 2.45) is 0 Å². The maximum Gasteiger partial charge on any atom is 0.406 e. The van der Waals surface area contributed by atoms with E-state index >= 15 is 0 Å². The fourth-order valence-corrected chi connectivity index (χ4v) is 3.45. The molecule has 2 heterocycles. The lowest BCUT2D eigenvalue weighted by molar-refractivity contribution is -0.162. The van der Waals surface area contributed by atoms with E-state index in [2.05, 4.69) is 5.32 Å². The number of alkyl halides is 3. The number of rotatable bonds is 7. The Hall–Kier alpha value is -2.39. The molecule has 1 amide bonds. The minimum Gasteiger partial charge on any atom is -0.467 e. The van der Waals surface area contributed by atoms with Crippen LogP contribution in [0.5, 0.6) is 0 Å². The van der Waals surface area contributed by atoms with Gasteiger partial charge in [0.15, 0.2) is 0 Å². The van der Waals surface area contributed by atoms with Crippen molar-refractivity contribution in [3.63, 3.8) is 0 Å². The van der Waals surface area contributed by atoms with Crippen LogP contribution in [0.2, 0.25) is 0 Å². The highest BCUT2D eigenvalue weighted by atomic mass is 19.4. The van der Waals surface area contributed by atoms with Crippen LogP contribution in [0.4, 0.5) is 17.6 Å². The maximum atomic E-state index is 13.3. The highest BCUT2D eigenvalue weighted by Gasteiger charge is 2.37. The number of hydrogen-bond donors (Lipinski definition) is 1. The number of benzene rings is 1. The Morgan fingerprint density at radius 3 is 2.41 bits per heavy atom. The third kappa shape index (κ3) is 5.80. The molecule has 0 atom stereocenters. The molecule has 1 saturated heterocycles. The Balaban J connectivity index is 1.73. The summed E-state index contributed by atoms with van der Waals surface area (Å²) in [6, 6.07) is 8.95. The van der Waals surface area contributed by atoms with Crippen LogP contribution < -0.4 is 5.32 Å². The van der Waals surface area contributed by atoms with Crippen LogP contribution in [-0.4, -0.2) is 43.3 Å². The first kappa shape index (κ1) is 21.3. The molecule has 1 N–H and O–H groups in total. The Bertz CT molecular complexity index is 785. The van der Waals surface area contributed by atoms with Gasteiger partial charge in [-0.2, -0.15) is 13.2 Å². The van der Waals surface area contributed by atoms with Gasteiger partial charge in [-0.3, -0.25) is 10.1 Å². The summed E-state index contributed by atoms with van der Waals surface area (Å²) in [5.41, 5.74) is 0.0966. The number of carbonyl (C=O) groups excluding carboxylic acids is 1. The molecule has 29 heavy (non-hydrogen) atoms. The lowest BCUT2D eigenvalue weighted by atomic mass is 9.82. The zero-order valence-electron chi connectivity index (χ0n) is 15.7. The van der Waals surface area contributed by atoms with Crippen molar-refractivity contribution in [1.82, 2.24) is 10.2 Å². The van der Waals surface area contributed by atoms with Crippen LogP contribution in [0.25, 0.3) is 0 Å². The van der Waals surface area contributed by atoms with Crippen LogP contribution in [0.15, 0.2) is 47.1 Å². The molecule has 1 aliphatic heterocycles. The van der Waals surface area contributed by atoms with Gasteiger partial charge in [-0.05, 0) is 42.7 Å².